The van der Waals surface area contributed by atoms with Crippen molar-refractivity contribution in [1.82, 2.24) is 10.3 Å². The lowest BCUT2D eigenvalue weighted by Gasteiger charge is -2.08. The van der Waals surface area contributed by atoms with E-state index in [9.17, 15) is 4.39 Å². The lowest BCUT2D eigenvalue weighted by atomic mass is 10.1. The molecule has 0 unspecified atom stereocenters. The number of nitrogens with zero attached hydrogens (tertiary/aromatic N) is 1. The molecule has 2 nitrogen and oxygen atoms in total. The molecule has 0 bridgehead atoms. The molecular formula is C9H12ClFN2. The van der Waals surface area contributed by atoms with Crippen molar-refractivity contribution in [3.8, 4) is 0 Å². The summed E-state index contributed by atoms with van der Waals surface area (Å²) in [5.41, 5.74) is 0.965. The largest absolute Gasteiger partial charge is 0.310 e. The molecule has 0 aliphatic carbocycles. The van der Waals surface area contributed by atoms with Crippen LogP contribution in [0.25, 0.3) is 0 Å². The Hall–Kier alpha value is -0.670. The molecule has 0 amide bonds. The van der Waals surface area contributed by atoms with E-state index in [0.717, 1.165) is 18.5 Å². The van der Waals surface area contributed by atoms with Crippen molar-refractivity contribution in [2.24, 2.45) is 0 Å². The highest BCUT2D eigenvalue weighted by atomic mass is 35.5. The fourth-order valence-electron chi connectivity index (χ4n) is 1.59. The van der Waals surface area contributed by atoms with Crippen LogP contribution in [0.15, 0.2) is 18.5 Å². The Morgan fingerprint density at radius 2 is 2.31 bits per heavy atom. The number of halogens is 2. The maximum atomic E-state index is 12.7. The summed E-state index contributed by atoms with van der Waals surface area (Å²) in [4.78, 5) is 3.81. The van der Waals surface area contributed by atoms with Crippen LogP contribution < -0.4 is 5.32 Å². The van der Waals surface area contributed by atoms with Gasteiger partial charge in [0.15, 0.2) is 0 Å². The van der Waals surface area contributed by atoms with E-state index in [0.29, 0.717) is 6.04 Å². The molecule has 72 valence electrons. The monoisotopic (exact) mass is 202 g/mol. The maximum absolute atomic E-state index is 12.7. The molecule has 13 heavy (non-hydrogen) atoms. The van der Waals surface area contributed by atoms with Crippen molar-refractivity contribution < 1.29 is 4.39 Å². The standard InChI is InChI=1S/C9H11FN2.ClH/c10-8-4-7(5-11-6-8)9-2-1-3-12-9;/h4-6,9,12H,1-3H2;1H/t9-;/m1./s1. The SMILES string of the molecule is Cl.Fc1cncc([C@H]2CCCN2)c1. The third kappa shape index (κ3) is 2.39. The molecule has 1 aromatic heterocycles. The molecular weight excluding hydrogens is 191 g/mol. The molecule has 1 atom stereocenters. The van der Waals surface area contributed by atoms with Crippen LogP contribution in [-0.2, 0) is 0 Å². The normalized spacial score (nSPS) is 21.2. The van der Waals surface area contributed by atoms with E-state index in [1.165, 1.54) is 12.6 Å². The zero-order valence-corrected chi connectivity index (χ0v) is 7.98. The van der Waals surface area contributed by atoms with Gasteiger partial charge in [0.05, 0.1) is 6.20 Å². The van der Waals surface area contributed by atoms with Gasteiger partial charge >= 0.3 is 0 Å². The Morgan fingerprint density at radius 3 is 2.92 bits per heavy atom. The average molecular weight is 203 g/mol. The molecule has 0 saturated carbocycles. The Balaban J connectivity index is 0.000000845. The number of nitrogens with one attached hydrogen (secondary N) is 1. The maximum Gasteiger partial charge on any atom is 0.141 e. The minimum absolute atomic E-state index is 0. The highest BCUT2D eigenvalue weighted by Gasteiger charge is 2.16. The van der Waals surface area contributed by atoms with Gasteiger partial charge in [-0.3, -0.25) is 4.98 Å². The Bertz CT molecular complexity index is 274. The van der Waals surface area contributed by atoms with E-state index in [-0.39, 0.29) is 18.2 Å². The predicted octanol–water partition coefficient (Wildman–Crippen LogP) is 2.07. The quantitative estimate of drug-likeness (QED) is 0.754. The second kappa shape index (κ2) is 4.53. The van der Waals surface area contributed by atoms with Gasteiger partial charge in [-0.1, -0.05) is 0 Å². The molecule has 0 spiro atoms. The first-order chi connectivity index (χ1) is 5.86. The van der Waals surface area contributed by atoms with Gasteiger partial charge in [0.1, 0.15) is 5.82 Å². The summed E-state index contributed by atoms with van der Waals surface area (Å²) in [5.74, 6) is -0.249. The van der Waals surface area contributed by atoms with E-state index >= 15 is 0 Å². The molecule has 0 radical (unpaired) electrons. The van der Waals surface area contributed by atoms with Crippen LogP contribution in [0.5, 0.6) is 0 Å². The molecule has 4 heteroatoms. The van der Waals surface area contributed by atoms with E-state index in [1.54, 1.807) is 12.3 Å². The lowest BCUT2D eigenvalue weighted by molar-refractivity contribution is 0.598. The lowest BCUT2D eigenvalue weighted by Crippen LogP contribution is -2.13. The summed E-state index contributed by atoms with van der Waals surface area (Å²) in [6, 6.07) is 1.86. The molecule has 1 aliphatic heterocycles. The van der Waals surface area contributed by atoms with Crippen molar-refractivity contribution >= 4 is 12.4 Å². The Kier molecular flexibility index (Phi) is 3.63. The van der Waals surface area contributed by atoms with Gasteiger partial charge < -0.3 is 5.32 Å². The molecule has 2 heterocycles. The predicted molar refractivity (Wildman–Crippen MR) is 51.4 cm³/mol. The summed E-state index contributed by atoms with van der Waals surface area (Å²) in [5, 5.41) is 3.29. The van der Waals surface area contributed by atoms with Crippen molar-refractivity contribution in [3.05, 3.63) is 29.8 Å². The first kappa shape index (κ1) is 10.4. The van der Waals surface area contributed by atoms with Gasteiger partial charge in [0.2, 0.25) is 0 Å². The molecule has 1 N–H and O–H groups in total. The first-order valence-corrected chi connectivity index (χ1v) is 4.20. The third-order valence-electron chi connectivity index (χ3n) is 2.19. The average Bonchev–Trinajstić information content (AvgIpc) is 2.56. The fraction of sp³-hybridized carbons (Fsp3) is 0.444. The summed E-state index contributed by atoms with van der Waals surface area (Å²) in [6.07, 6.45) is 5.22. The molecule has 0 aromatic carbocycles. The molecule has 1 aliphatic rings. The Labute approximate surface area is 83.0 Å². The molecule has 2 rings (SSSR count). The van der Waals surface area contributed by atoms with Gasteiger partial charge in [-0.05, 0) is 31.0 Å². The zero-order valence-electron chi connectivity index (χ0n) is 7.16. The smallest absolute Gasteiger partial charge is 0.141 e. The van der Waals surface area contributed by atoms with Crippen LogP contribution in [0.1, 0.15) is 24.4 Å². The Morgan fingerprint density at radius 1 is 1.46 bits per heavy atom. The van der Waals surface area contributed by atoms with Gasteiger partial charge in [-0.2, -0.15) is 0 Å². The molecule has 1 fully saturated rings. The second-order valence-corrected chi connectivity index (χ2v) is 3.09. The summed E-state index contributed by atoms with van der Waals surface area (Å²) in [7, 11) is 0. The van der Waals surface area contributed by atoms with E-state index in [2.05, 4.69) is 10.3 Å². The van der Waals surface area contributed by atoms with E-state index < -0.39 is 0 Å². The van der Waals surface area contributed by atoms with Gasteiger partial charge in [-0.15, -0.1) is 12.4 Å². The van der Waals surface area contributed by atoms with E-state index in [1.807, 2.05) is 0 Å². The van der Waals surface area contributed by atoms with E-state index in [4.69, 9.17) is 0 Å². The molecule has 1 saturated heterocycles. The van der Waals surface area contributed by atoms with Crippen LogP contribution >= 0.6 is 12.4 Å². The van der Waals surface area contributed by atoms with Gasteiger partial charge in [-0.25, -0.2) is 4.39 Å². The number of rotatable bonds is 1. The zero-order chi connectivity index (χ0) is 8.39. The van der Waals surface area contributed by atoms with Crippen LogP contribution in [0.2, 0.25) is 0 Å². The van der Waals surface area contributed by atoms with Crippen molar-refractivity contribution in [3.63, 3.8) is 0 Å². The number of aromatic nitrogens is 1. The van der Waals surface area contributed by atoms with Crippen LogP contribution in [0.4, 0.5) is 4.39 Å². The summed E-state index contributed by atoms with van der Waals surface area (Å²) < 4.78 is 12.7. The van der Waals surface area contributed by atoms with Crippen LogP contribution in [-0.4, -0.2) is 11.5 Å². The third-order valence-corrected chi connectivity index (χ3v) is 2.19. The fourth-order valence-corrected chi connectivity index (χ4v) is 1.59. The number of pyridine rings is 1. The van der Waals surface area contributed by atoms with Crippen LogP contribution in [0, 0.1) is 5.82 Å². The topological polar surface area (TPSA) is 24.9 Å². The number of hydrogen-bond donors (Lipinski definition) is 1. The highest BCUT2D eigenvalue weighted by molar-refractivity contribution is 5.85. The van der Waals surface area contributed by atoms with Crippen LogP contribution in [0.3, 0.4) is 0 Å². The number of hydrogen-bond acceptors (Lipinski definition) is 2. The first-order valence-electron chi connectivity index (χ1n) is 4.20. The van der Waals surface area contributed by atoms with Gasteiger partial charge in [0, 0.05) is 12.2 Å². The molecule has 1 aromatic rings. The minimum Gasteiger partial charge on any atom is -0.310 e. The second-order valence-electron chi connectivity index (χ2n) is 3.09. The highest BCUT2D eigenvalue weighted by Crippen LogP contribution is 2.22. The summed E-state index contributed by atoms with van der Waals surface area (Å²) >= 11 is 0. The van der Waals surface area contributed by atoms with Crippen molar-refractivity contribution in [1.29, 1.82) is 0 Å². The summed E-state index contributed by atoms with van der Waals surface area (Å²) in [6.45, 7) is 1.03. The van der Waals surface area contributed by atoms with Gasteiger partial charge in [0.25, 0.3) is 0 Å². The minimum atomic E-state index is -0.249. The van der Waals surface area contributed by atoms with Crippen molar-refractivity contribution in [2.45, 2.75) is 18.9 Å². The van der Waals surface area contributed by atoms with Crippen molar-refractivity contribution in [2.75, 3.05) is 6.54 Å².